The predicted octanol–water partition coefficient (Wildman–Crippen LogP) is 5.45. The largest absolute Gasteiger partial charge is 0.378 e. The molecular weight excluding hydrogens is 330 g/mol. The van der Waals surface area contributed by atoms with E-state index in [1.807, 2.05) is 6.07 Å². The Morgan fingerprint density at radius 1 is 1.04 bits per heavy atom. The molecule has 1 atom stereocenters. The highest BCUT2D eigenvalue weighted by molar-refractivity contribution is 6.01. The first kappa shape index (κ1) is 19.0. The van der Waals surface area contributed by atoms with Crippen molar-refractivity contribution in [3.05, 3.63) is 88.6 Å². The molecule has 0 spiro atoms. The number of hydrogen-bond donors (Lipinski definition) is 1. The Balaban J connectivity index is 1.88. The molecule has 3 heteroatoms. The van der Waals surface area contributed by atoms with E-state index < -0.39 is 0 Å². The summed E-state index contributed by atoms with van der Waals surface area (Å²) >= 11 is 0. The van der Waals surface area contributed by atoms with Crippen LogP contribution in [0.4, 0.5) is 5.69 Å². The lowest BCUT2D eigenvalue weighted by Gasteiger charge is -2.14. The summed E-state index contributed by atoms with van der Waals surface area (Å²) in [7, 11) is 4.16. The zero-order valence-corrected chi connectivity index (χ0v) is 17.0. The Morgan fingerprint density at radius 2 is 1.70 bits per heavy atom. The second-order valence-electron chi connectivity index (χ2n) is 7.52. The van der Waals surface area contributed by atoms with Gasteiger partial charge in [0.15, 0.2) is 0 Å². The van der Waals surface area contributed by atoms with Crippen molar-refractivity contribution >= 4 is 11.4 Å². The van der Waals surface area contributed by atoms with E-state index in [1.54, 1.807) is 0 Å². The number of nitrogens with one attached hydrogen (secondary N) is 1. The predicted molar refractivity (Wildman–Crippen MR) is 116 cm³/mol. The first-order valence-electron chi connectivity index (χ1n) is 9.47. The smallest absolute Gasteiger partial charge is 0.0688 e. The van der Waals surface area contributed by atoms with Crippen molar-refractivity contribution in [2.45, 2.75) is 27.2 Å². The van der Waals surface area contributed by atoms with Gasteiger partial charge in [0, 0.05) is 32.1 Å². The lowest BCUT2D eigenvalue weighted by Crippen LogP contribution is -2.11. The maximum Gasteiger partial charge on any atom is 0.0688 e. The second kappa shape index (κ2) is 8.26. The molecule has 0 bridgehead atoms. The van der Waals surface area contributed by atoms with Gasteiger partial charge in [-0.3, -0.25) is 5.43 Å². The number of aryl methyl sites for hydroxylation is 3. The summed E-state index contributed by atoms with van der Waals surface area (Å²) in [5.74, 6) is 0.364. The first-order chi connectivity index (χ1) is 12.9. The van der Waals surface area contributed by atoms with Crippen LogP contribution in [0.2, 0.25) is 0 Å². The maximum absolute atomic E-state index is 4.84. The Morgan fingerprint density at radius 3 is 2.30 bits per heavy atom. The molecule has 1 N–H and O–H groups in total. The van der Waals surface area contributed by atoms with Gasteiger partial charge in [-0.1, -0.05) is 60.2 Å². The van der Waals surface area contributed by atoms with E-state index in [-0.39, 0.29) is 0 Å². The van der Waals surface area contributed by atoms with Gasteiger partial charge in [-0.15, -0.1) is 0 Å². The molecular formula is C24H29N3. The highest BCUT2D eigenvalue weighted by Crippen LogP contribution is 2.25. The zero-order chi connectivity index (χ0) is 19.4. The van der Waals surface area contributed by atoms with Gasteiger partial charge in [0.05, 0.1) is 11.4 Å². The van der Waals surface area contributed by atoms with Gasteiger partial charge in [0.25, 0.3) is 0 Å². The number of rotatable bonds is 6. The Bertz CT molecular complexity index is 866. The zero-order valence-electron chi connectivity index (χ0n) is 17.0. The van der Waals surface area contributed by atoms with Crippen LogP contribution in [0, 0.1) is 26.7 Å². The lowest BCUT2D eigenvalue weighted by molar-refractivity contribution is 0.529. The first-order valence-corrected chi connectivity index (χ1v) is 9.47. The average Bonchev–Trinajstić information content (AvgIpc) is 3.09. The van der Waals surface area contributed by atoms with Crippen LogP contribution in [-0.2, 0) is 0 Å². The Labute approximate surface area is 163 Å². The van der Waals surface area contributed by atoms with E-state index in [0.717, 1.165) is 23.4 Å². The third-order valence-electron chi connectivity index (χ3n) is 4.93. The molecule has 2 aromatic rings. The summed E-state index contributed by atoms with van der Waals surface area (Å²) in [4.78, 5) is 2.15. The number of hydrogen-bond acceptors (Lipinski definition) is 3. The highest BCUT2D eigenvalue weighted by atomic mass is 15.3. The van der Waals surface area contributed by atoms with Crippen LogP contribution >= 0.6 is 0 Å². The van der Waals surface area contributed by atoms with Crippen LogP contribution in [0.1, 0.15) is 28.7 Å². The van der Waals surface area contributed by atoms with E-state index in [4.69, 9.17) is 5.10 Å². The molecule has 140 valence electrons. The molecule has 0 fully saturated rings. The maximum atomic E-state index is 4.84. The minimum absolute atomic E-state index is 0.364. The monoisotopic (exact) mass is 359 g/mol. The molecule has 2 aromatic carbocycles. The molecule has 0 aliphatic heterocycles. The Kier molecular flexibility index (Phi) is 5.80. The third-order valence-corrected chi connectivity index (χ3v) is 4.93. The summed E-state index contributed by atoms with van der Waals surface area (Å²) < 4.78 is 0. The third kappa shape index (κ3) is 4.68. The van der Waals surface area contributed by atoms with Crippen LogP contribution in [-0.4, -0.2) is 24.7 Å². The van der Waals surface area contributed by atoms with Gasteiger partial charge in [0.1, 0.15) is 0 Å². The van der Waals surface area contributed by atoms with Gasteiger partial charge in [0.2, 0.25) is 0 Å². The quantitative estimate of drug-likeness (QED) is 0.548. The fourth-order valence-corrected chi connectivity index (χ4v) is 3.54. The molecule has 0 amide bonds. The summed E-state index contributed by atoms with van der Waals surface area (Å²) in [5.41, 5.74) is 11.7. The Hall–Kier alpha value is -2.81. The molecule has 3 rings (SSSR count). The molecule has 1 unspecified atom stereocenters. The molecule has 0 saturated carbocycles. The molecule has 1 aliphatic carbocycles. The van der Waals surface area contributed by atoms with Crippen LogP contribution in [0.25, 0.3) is 0 Å². The van der Waals surface area contributed by atoms with E-state index >= 15 is 0 Å². The summed E-state index contributed by atoms with van der Waals surface area (Å²) in [6, 6.07) is 14.8. The van der Waals surface area contributed by atoms with Crippen molar-refractivity contribution in [3.8, 4) is 0 Å². The number of benzene rings is 2. The van der Waals surface area contributed by atoms with E-state index in [0.29, 0.717) is 5.92 Å². The van der Waals surface area contributed by atoms with Gasteiger partial charge in [-0.2, -0.15) is 5.10 Å². The number of hydrazone groups is 1. The number of allylic oxidation sites excluding steroid dienone is 3. The molecule has 0 heterocycles. The van der Waals surface area contributed by atoms with Crippen LogP contribution < -0.4 is 5.43 Å². The summed E-state index contributed by atoms with van der Waals surface area (Å²) in [5, 5.41) is 4.84. The lowest BCUT2D eigenvalue weighted by atomic mass is 9.98. The van der Waals surface area contributed by atoms with Gasteiger partial charge in [-0.05, 0) is 43.5 Å². The fourth-order valence-electron chi connectivity index (χ4n) is 3.54. The van der Waals surface area contributed by atoms with Gasteiger partial charge < -0.3 is 4.90 Å². The van der Waals surface area contributed by atoms with Crippen molar-refractivity contribution in [2.75, 3.05) is 19.5 Å². The fraction of sp³-hybridized carbons (Fsp3) is 0.292. The average molecular weight is 360 g/mol. The van der Waals surface area contributed by atoms with E-state index in [9.17, 15) is 0 Å². The summed E-state index contributed by atoms with van der Waals surface area (Å²) in [6.45, 7) is 6.39. The van der Waals surface area contributed by atoms with Crippen molar-refractivity contribution in [3.63, 3.8) is 0 Å². The van der Waals surface area contributed by atoms with Crippen molar-refractivity contribution < 1.29 is 0 Å². The number of anilines is 1. The molecule has 0 aromatic heterocycles. The van der Waals surface area contributed by atoms with Crippen molar-refractivity contribution in [1.82, 2.24) is 4.90 Å². The van der Waals surface area contributed by atoms with Crippen molar-refractivity contribution in [2.24, 2.45) is 11.0 Å². The topological polar surface area (TPSA) is 27.6 Å². The minimum atomic E-state index is 0.364. The minimum Gasteiger partial charge on any atom is -0.378 e. The molecule has 27 heavy (non-hydrogen) atoms. The standard InChI is InChI=1S/C24H29N3/c1-17-13-18(2)24(19(3)14-17)26-25-23(21-9-7-6-8-10-21)16-20-11-12-22(15-20)27(4)5/h6-15,20,26H,16H2,1-5H3. The normalized spacial score (nSPS) is 16.4. The number of likely N-dealkylation sites (N-methyl/N-ethyl adjacent to an activating group) is 1. The van der Waals surface area contributed by atoms with Crippen molar-refractivity contribution in [1.29, 1.82) is 0 Å². The van der Waals surface area contributed by atoms with Crippen LogP contribution in [0.3, 0.4) is 0 Å². The molecule has 0 radical (unpaired) electrons. The SMILES string of the molecule is Cc1cc(C)c(NN=C(CC2C=CC(N(C)C)=C2)c2ccccc2)c(C)c1. The van der Waals surface area contributed by atoms with Crippen LogP contribution in [0.5, 0.6) is 0 Å². The molecule has 3 nitrogen and oxygen atoms in total. The van der Waals surface area contributed by atoms with Crippen LogP contribution in [0.15, 0.2) is 71.5 Å². The molecule has 1 aliphatic rings. The number of nitrogens with zero attached hydrogens (tertiary/aromatic N) is 2. The summed E-state index contributed by atoms with van der Waals surface area (Å²) in [6.07, 6.45) is 7.63. The highest BCUT2D eigenvalue weighted by Gasteiger charge is 2.15. The van der Waals surface area contributed by atoms with E-state index in [1.165, 1.54) is 22.4 Å². The molecule has 0 saturated heterocycles. The van der Waals surface area contributed by atoms with Gasteiger partial charge in [-0.25, -0.2) is 0 Å². The second-order valence-corrected chi connectivity index (χ2v) is 7.52. The van der Waals surface area contributed by atoms with E-state index in [2.05, 4.69) is 99.8 Å². The van der Waals surface area contributed by atoms with Gasteiger partial charge >= 0.3 is 0 Å².